The Morgan fingerprint density at radius 2 is 1.79 bits per heavy atom. The van der Waals surface area contributed by atoms with Gasteiger partial charge in [-0.1, -0.05) is 80.8 Å². The molecule has 3 aromatic carbocycles. The van der Waals surface area contributed by atoms with Crippen LogP contribution >= 0.6 is 0 Å². The summed E-state index contributed by atoms with van der Waals surface area (Å²) in [7, 11) is 0. The molecule has 0 radical (unpaired) electrons. The largest absolute Gasteiger partial charge is 0.478 e. The number of benzene rings is 3. The highest BCUT2D eigenvalue weighted by molar-refractivity contribution is 6.09. The molecule has 1 aliphatic heterocycles. The number of carbonyl (C=O) groups excluding carboxylic acids is 1. The summed E-state index contributed by atoms with van der Waals surface area (Å²) >= 11 is 0. The predicted molar refractivity (Wildman–Crippen MR) is 176 cm³/mol. The molecule has 3 heterocycles. The number of carbonyl (C=O) groups is 2. The Hall–Kier alpha value is -5.39. The maximum atomic E-state index is 14.7. The fourth-order valence-corrected chi connectivity index (χ4v) is 6.95. The first kappa shape index (κ1) is 30.3. The molecule has 5 aromatic rings. The summed E-state index contributed by atoms with van der Waals surface area (Å²) in [6.07, 6.45) is 4.88. The number of tetrazole rings is 1. The number of aromatic nitrogens is 6. The highest BCUT2D eigenvalue weighted by atomic mass is 16.5. The molecule has 1 amide bonds. The van der Waals surface area contributed by atoms with E-state index in [-0.39, 0.29) is 17.5 Å². The van der Waals surface area contributed by atoms with E-state index >= 15 is 0 Å². The SMILES string of the molecule is CCCCC1=NC2(CCCC2)C(=O)N1C(c1ccc(-c2ccccc2-c2nn[nH]n2)cc1)n1c(OCC)nc2cccc(C(=O)O)c21. The molecule has 7 rings (SSSR count). The Balaban J connectivity index is 1.44. The fourth-order valence-electron chi connectivity index (χ4n) is 6.95. The summed E-state index contributed by atoms with van der Waals surface area (Å²) in [6.45, 7) is 4.28. The number of aromatic amines is 1. The summed E-state index contributed by atoms with van der Waals surface area (Å²) in [5.74, 6) is 0.0465. The van der Waals surface area contributed by atoms with Crippen molar-refractivity contribution in [3.63, 3.8) is 0 Å². The van der Waals surface area contributed by atoms with Gasteiger partial charge < -0.3 is 9.84 Å². The second kappa shape index (κ2) is 12.4. The fraction of sp³-hybridized carbons (Fsp3) is 0.343. The van der Waals surface area contributed by atoms with Gasteiger partial charge in [0.1, 0.15) is 17.5 Å². The van der Waals surface area contributed by atoms with E-state index in [0.717, 1.165) is 47.9 Å². The van der Waals surface area contributed by atoms with Crippen molar-refractivity contribution in [3.8, 4) is 28.5 Å². The number of amidine groups is 1. The molecule has 0 saturated heterocycles. The Morgan fingerprint density at radius 3 is 2.47 bits per heavy atom. The topological polar surface area (TPSA) is 151 Å². The van der Waals surface area contributed by atoms with Crippen LogP contribution in [0.2, 0.25) is 0 Å². The molecule has 2 aromatic heterocycles. The number of hydrogen-bond donors (Lipinski definition) is 2. The third-order valence-corrected chi connectivity index (χ3v) is 9.13. The van der Waals surface area contributed by atoms with Gasteiger partial charge in [0.25, 0.3) is 11.9 Å². The van der Waals surface area contributed by atoms with E-state index in [9.17, 15) is 14.7 Å². The zero-order valence-electron chi connectivity index (χ0n) is 26.4. The van der Waals surface area contributed by atoms with Gasteiger partial charge in [0.15, 0.2) is 0 Å². The Kier molecular flexibility index (Phi) is 8.00. The van der Waals surface area contributed by atoms with E-state index in [4.69, 9.17) is 14.7 Å². The second-order valence-electron chi connectivity index (χ2n) is 12.0. The third-order valence-electron chi connectivity index (χ3n) is 9.13. The third kappa shape index (κ3) is 5.23. The first-order chi connectivity index (χ1) is 23.0. The average Bonchev–Trinajstić information content (AvgIpc) is 3.90. The van der Waals surface area contributed by atoms with Gasteiger partial charge in [0.2, 0.25) is 5.82 Å². The Bertz CT molecular complexity index is 1960. The minimum Gasteiger partial charge on any atom is -0.478 e. The number of para-hydroxylation sites is 1. The van der Waals surface area contributed by atoms with Gasteiger partial charge in [0, 0.05) is 12.0 Å². The number of aromatic carboxylic acids is 1. The van der Waals surface area contributed by atoms with Gasteiger partial charge in [-0.15, -0.1) is 10.2 Å². The number of carboxylic acids is 1. The van der Waals surface area contributed by atoms with E-state index < -0.39 is 17.7 Å². The number of ether oxygens (including phenoxy) is 1. The molecule has 1 atom stereocenters. The molecule has 1 unspecified atom stereocenters. The highest BCUT2D eigenvalue weighted by Crippen LogP contribution is 2.45. The number of carboxylic acid groups (broad SMARTS) is 1. The predicted octanol–water partition coefficient (Wildman–Crippen LogP) is 6.27. The van der Waals surface area contributed by atoms with Crippen LogP contribution in [0, 0.1) is 0 Å². The number of amides is 1. The van der Waals surface area contributed by atoms with E-state index in [2.05, 4.69) is 27.5 Å². The maximum absolute atomic E-state index is 14.7. The first-order valence-electron chi connectivity index (χ1n) is 16.2. The lowest BCUT2D eigenvalue weighted by Crippen LogP contribution is -2.45. The zero-order valence-corrected chi connectivity index (χ0v) is 26.4. The van der Waals surface area contributed by atoms with Crippen molar-refractivity contribution >= 4 is 28.7 Å². The summed E-state index contributed by atoms with van der Waals surface area (Å²) in [4.78, 5) is 39.0. The molecule has 2 N–H and O–H groups in total. The molecule has 1 aliphatic carbocycles. The van der Waals surface area contributed by atoms with Gasteiger partial charge in [-0.3, -0.25) is 19.3 Å². The van der Waals surface area contributed by atoms with Crippen LogP contribution in [0.25, 0.3) is 33.5 Å². The molecule has 0 bridgehead atoms. The van der Waals surface area contributed by atoms with Gasteiger partial charge in [-0.2, -0.15) is 10.2 Å². The van der Waals surface area contributed by atoms with Crippen LogP contribution in [-0.4, -0.2) is 70.0 Å². The molecule has 47 heavy (non-hydrogen) atoms. The average molecular weight is 633 g/mol. The molecule has 1 fully saturated rings. The van der Waals surface area contributed by atoms with Crippen LogP contribution in [0.1, 0.15) is 80.9 Å². The number of unbranched alkanes of at least 4 members (excludes halogenated alkanes) is 1. The number of nitrogens with zero attached hydrogens (tertiary/aromatic N) is 7. The highest BCUT2D eigenvalue weighted by Gasteiger charge is 2.52. The van der Waals surface area contributed by atoms with E-state index in [0.29, 0.717) is 48.6 Å². The molecule has 1 saturated carbocycles. The van der Waals surface area contributed by atoms with Crippen LogP contribution in [0.3, 0.4) is 0 Å². The lowest BCUT2D eigenvalue weighted by Gasteiger charge is -2.33. The molecule has 12 heteroatoms. The lowest BCUT2D eigenvalue weighted by molar-refractivity contribution is -0.133. The normalized spacial score (nSPS) is 16.3. The van der Waals surface area contributed by atoms with E-state index in [1.807, 2.05) is 55.5 Å². The van der Waals surface area contributed by atoms with Crippen molar-refractivity contribution in [1.82, 2.24) is 35.1 Å². The van der Waals surface area contributed by atoms with Crippen molar-refractivity contribution in [2.45, 2.75) is 70.5 Å². The van der Waals surface area contributed by atoms with Crippen LogP contribution in [-0.2, 0) is 4.79 Å². The zero-order chi connectivity index (χ0) is 32.5. The summed E-state index contributed by atoms with van der Waals surface area (Å²) in [6, 6.07) is 21.0. The van der Waals surface area contributed by atoms with E-state index in [1.165, 1.54) is 0 Å². The minimum absolute atomic E-state index is 0.0604. The Morgan fingerprint density at radius 1 is 1.02 bits per heavy atom. The van der Waals surface area contributed by atoms with Gasteiger partial charge in [0.05, 0.1) is 23.2 Å². The minimum atomic E-state index is -1.09. The van der Waals surface area contributed by atoms with Gasteiger partial charge >= 0.3 is 5.97 Å². The van der Waals surface area contributed by atoms with Crippen molar-refractivity contribution in [1.29, 1.82) is 0 Å². The quantitative estimate of drug-likeness (QED) is 0.173. The maximum Gasteiger partial charge on any atom is 0.337 e. The van der Waals surface area contributed by atoms with Crippen LogP contribution in [0.5, 0.6) is 6.01 Å². The standard InChI is InChI=1S/C35H36N8O4/c1-3-5-15-28-37-35(20-8-9-21-35)33(46)42(28)31(43-29-26(32(44)45)13-10-14-27(29)36-34(43)47-4-2)23-18-16-22(17-19-23)24-11-6-7-12-25(24)30-38-40-41-39-30/h6-7,10-14,16-19,31H,3-5,8-9,15,20-21H2,1-2H3,(H,44,45)(H,38,39,40,41). The summed E-state index contributed by atoms with van der Waals surface area (Å²) in [5.41, 5.74) is 3.55. The van der Waals surface area contributed by atoms with Crippen molar-refractivity contribution in [3.05, 3.63) is 77.9 Å². The van der Waals surface area contributed by atoms with Crippen LogP contribution < -0.4 is 4.74 Å². The summed E-state index contributed by atoms with van der Waals surface area (Å²) in [5, 5.41) is 24.9. The first-order valence-corrected chi connectivity index (χ1v) is 16.2. The number of aliphatic imine (C=N–C) groups is 1. The molecular formula is C35H36N8O4. The number of rotatable bonds is 11. The van der Waals surface area contributed by atoms with Crippen molar-refractivity contribution in [2.75, 3.05) is 6.61 Å². The van der Waals surface area contributed by atoms with E-state index in [1.54, 1.807) is 27.7 Å². The summed E-state index contributed by atoms with van der Waals surface area (Å²) < 4.78 is 7.87. The second-order valence-corrected chi connectivity index (χ2v) is 12.0. The molecule has 1 spiro atoms. The van der Waals surface area contributed by atoms with Gasteiger partial charge in [-0.05, 0) is 60.2 Å². The van der Waals surface area contributed by atoms with Gasteiger partial charge in [-0.25, -0.2) is 4.79 Å². The smallest absolute Gasteiger partial charge is 0.337 e. The molecule has 2 aliphatic rings. The number of fused-ring (bicyclic) bond motifs is 1. The number of nitrogens with one attached hydrogen (secondary N) is 1. The molecular weight excluding hydrogens is 596 g/mol. The monoisotopic (exact) mass is 632 g/mol. The number of hydrogen-bond acceptors (Lipinski definition) is 8. The van der Waals surface area contributed by atoms with Crippen LogP contribution in [0.4, 0.5) is 0 Å². The number of imidazole rings is 1. The Labute approximate surface area is 271 Å². The molecule has 12 nitrogen and oxygen atoms in total. The number of H-pyrrole nitrogens is 1. The van der Waals surface area contributed by atoms with Crippen LogP contribution in [0.15, 0.2) is 71.7 Å². The van der Waals surface area contributed by atoms with Crippen molar-refractivity contribution < 1.29 is 19.4 Å². The molecule has 240 valence electrons. The lowest BCUT2D eigenvalue weighted by atomic mass is 9.96. The van der Waals surface area contributed by atoms with Crippen molar-refractivity contribution in [2.24, 2.45) is 4.99 Å².